The van der Waals surface area contributed by atoms with Crippen LogP contribution in [0.1, 0.15) is 84.5 Å². The van der Waals surface area contributed by atoms with Crippen LogP contribution in [0.2, 0.25) is 0 Å². The lowest BCUT2D eigenvalue weighted by molar-refractivity contribution is -0.135. The second kappa shape index (κ2) is 16.3. The lowest BCUT2D eigenvalue weighted by Crippen LogP contribution is -2.06. The molecule has 0 radical (unpaired) electrons. The molecule has 0 rings (SSSR count). The average Bonchev–Trinajstić information content (AvgIpc) is 2.34. The number of halogens is 4. The van der Waals surface area contributed by atoms with Crippen LogP contribution in [-0.2, 0) is 0 Å². The standard InChI is InChI=1S/C8H15F3.C7H15Br/c1-2-3-4-5-6-7-8(9,10)11;1-2-3-4-5-6-7-8/h2-7H2,1H3;2-7H2,1H3. The molecule has 0 fully saturated rings. The topological polar surface area (TPSA) is 0 Å². The highest BCUT2D eigenvalue weighted by Gasteiger charge is 2.25. The van der Waals surface area contributed by atoms with Crippen LogP contribution in [0.15, 0.2) is 0 Å². The van der Waals surface area contributed by atoms with Crippen LogP contribution in [0.25, 0.3) is 0 Å². The zero-order valence-electron chi connectivity index (χ0n) is 12.5. The first-order chi connectivity index (χ1) is 8.97. The summed E-state index contributed by atoms with van der Waals surface area (Å²) in [5, 5.41) is 1.18. The van der Waals surface area contributed by atoms with Gasteiger partial charge in [-0.2, -0.15) is 13.2 Å². The first-order valence-electron chi connectivity index (χ1n) is 7.60. The highest BCUT2D eigenvalue weighted by Crippen LogP contribution is 2.22. The lowest BCUT2D eigenvalue weighted by atomic mass is 10.1. The van der Waals surface area contributed by atoms with Crippen molar-refractivity contribution in [2.24, 2.45) is 0 Å². The summed E-state index contributed by atoms with van der Waals surface area (Å²) in [6.07, 6.45) is 6.44. The molecule has 0 aliphatic heterocycles. The Labute approximate surface area is 125 Å². The van der Waals surface area contributed by atoms with Crippen LogP contribution in [0, 0.1) is 0 Å². The third-order valence-electron chi connectivity index (χ3n) is 2.80. The van der Waals surface area contributed by atoms with Gasteiger partial charge in [0.2, 0.25) is 0 Å². The molecule has 0 amide bonds. The summed E-state index contributed by atoms with van der Waals surface area (Å²) in [5.74, 6) is 0. The Bertz CT molecular complexity index is 152. The Morgan fingerprint density at radius 1 is 0.684 bits per heavy atom. The largest absolute Gasteiger partial charge is 0.389 e. The van der Waals surface area contributed by atoms with Gasteiger partial charge in [-0.1, -0.05) is 81.1 Å². The Kier molecular flexibility index (Phi) is 18.5. The third-order valence-corrected chi connectivity index (χ3v) is 3.36. The van der Waals surface area contributed by atoms with Gasteiger partial charge in [-0.3, -0.25) is 0 Å². The van der Waals surface area contributed by atoms with Crippen molar-refractivity contribution in [1.82, 2.24) is 0 Å². The molecule has 0 saturated heterocycles. The van der Waals surface area contributed by atoms with Gasteiger partial charge in [0.25, 0.3) is 0 Å². The van der Waals surface area contributed by atoms with Crippen molar-refractivity contribution in [3.8, 4) is 0 Å². The highest BCUT2D eigenvalue weighted by atomic mass is 79.9. The highest BCUT2D eigenvalue weighted by molar-refractivity contribution is 9.09. The van der Waals surface area contributed by atoms with Gasteiger partial charge in [-0.05, 0) is 12.8 Å². The molecule has 0 aliphatic carbocycles. The van der Waals surface area contributed by atoms with Crippen LogP contribution in [0.4, 0.5) is 13.2 Å². The quantitative estimate of drug-likeness (QED) is 0.288. The lowest BCUT2D eigenvalue weighted by Gasteiger charge is -2.04. The fourth-order valence-corrected chi connectivity index (χ4v) is 2.02. The number of hydrogen-bond donors (Lipinski definition) is 0. The van der Waals surface area contributed by atoms with E-state index >= 15 is 0 Å². The molecular weight excluding hydrogens is 317 g/mol. The Hall–Kier alpha value is 0.270. The summed E-state index contributed by atoms with van der Waals surface area (Å²) in [4.78, 5) is 0. The van der Waals surface area contributed by atoms with Crippen LogP contribution >= 0.6 is 15.9 Å². The van der Waals surface area contributed by atoms with Crippen molar-refractivity contribution in [2.75, 3.05) is 5.33 Å². The predicted molar refractivity (Wildman–Crippen MR) is 82.0 cm³/mol. The number of unbranched alkanes of at least 4 members (excludes halogenated alkanes) is 8. The smallest absolute Gasteiger partial charge is 0.171 e. The van der Waals surface area contributed by atoms with Crippen molar-refractivity contribution < 1.29 is 13.2 Å². The molecular formula is C15H30BrF3. The molecule has 0 aromatic rings. The van der Waals surface area contributed by atoms with Gasteiger partial charge in [-0.15, -0.1) is 0 Å². The van der Waals surface area contributed by atoms with E-state index in [0.29, 0.717) is 12.8 Å². The van der Waals surface area contributed by atoms with Gasteiger partial charge in [0.15, 0.2) is 0 Å². The molecule has 118 valence electrons. The van der Waals surface area contributed by atoms with E-state index < -0.39 is 12.6 Å². The van der Waals surface area contributed by atoms with Crippen molar-refractivity contribution in [3.63, 3.8) is 0 Å². The minimum absolute atomic E-state index is 0.295. The van der Waals surface area contributed by atoms with Crippen LogP contribution in [-0.4, -0.2) is 11.5 Å². The van der Waals surface area contributed by atoms with Crippen molar-refractivity contribution in [1.29, 1.82) is 0 Å². The third kappa shape index (κ3) is 27.5. The normalized spacial score (nSPS) is 11.1. The van der Waals surface area contributed by atoms with Crippen LogP contribution in [0.3, 0.4) is 0 Å². The summed E-state index contributed by atoms with van der Waals surface area (Å²) < 4.78 is 34.7. The number of alkyl halides is 4. The van der Waals surface area contributed by atoms with Gasteiger partial charge >= 0.3 is 6.18 Å². The predicted octanol–water partition coefficient (Wildman–Crippen LogP) is 7.26. The minimum Gasteiger partial charge on any atom is -0.171 e. The van der Waals surface area contributed by atoms with E-state index in [0.717, 1.165) is 19.3 Å². The van der Waals surface area contributed by atoms with E-state index in [9.17, 15) is 13.2 Å². The first kappa shape index (κ1) is 21.6. The molecule has 0 aromatic heterocycles. The summed E-state index contributed by atoms with van der Waals surface area (Å²) >= 11 is 3.40. The van der Waals surface area contributed by atoms with Crippen LogP contribution in [0.5, 0.6) is 0 Å². The number of rotatable bonds is 10. The molecule has 0 saturated carbocycles. The van der Waals surface area contributed by atoms with E-state index in [1.54, 1.807) is 0 Å². The molecule has 0 unspecified atom stereocenters. The van der Waals surface area contributed by atoms with Gasteiger partial charge in [-0.25, -0.2) is 0 Å². The molecule has 0 N–H and O–H groups in total. The fraction of sp³-hybridized carbons (Fsp3) is 1.00. The van der Waals surface area contributed by atoms with Gasteiger partial charge in [0.05, 0.1) is 0 Å². The SMILES string of the molecule is CCCCCCCBr.CCCCCCCC(F)(F)F. The maximum absolute atomic E-state index is 11.6. The fourth-order valence-electron chi connectivity index (χ4n) is 1.63. The summed E-state index contributed by atoms with van der Waals surface area (Å²) in [7, 11) is 0. The number of hydrogen-bond acceptors (Lipinski definition) is 0. The second-order valence-corrected chi connectivity index (χ2v) is 5.68. The Balaban J connectivity index is 0. The molecule has 0 bridgehead atoms. The molecule has 0 spiro atoms. The monoisotopic (exact) mass is 346 g/mol. The molecule has 0 heterocycles. The molecule has 4 heteroatoms. The zero-order chi connectivity index (χ0) is 15.0. The zero-order valence-corrected chi connectivity index (χ0v) is 14.1. The van der Waals surface area contributed by atoms with E-state index in [1.807, 2.05) is 6.92 Å². The van der Waals surface area contributed by atoms with E-state index in [4.69, 9.17) is 0 Å². The Morgan fingerprint density at radius 2 is 1.11 bits per heavy atom. The van der Waals surface area contributed by atoms with Gasteiger partial charge < -0.3 is 0 Å². The van der Waals surface area contributed by atoms with Crippen molar-refractivity contribution in [3.05, 3.63) is 0 Å². The van der Waals surface area contributed by atoms with E-state index in [1.165, 1.54) is 37.4 Å². The summed E-state index contributed by atoms with van der Waals surface area (Å²) in [5.41, 5.74) is 0. The van der Waals surface area contributed by atoms with Crippen molar-refractivity contribution >= 4 is 15.9 Å². The average molecular weight is 347 g/mol. The van der Waals surface area contributed by atoms with Crippen molar-refractivity contribution in [2.45, 2.75) is 90.7 Å². The van der Waals surface area contributed by atoms with E-state index in [-0.39, 0.29) is 0 Å². The Morgan fingerprint density at radius 3 is 1.47 bits per heavy atom. The second-order valence-electron chi connectivity index (χ2n) is 4.88. The molecule has 0 aliphatic rings. The molecule has 0 atom stereocenters. The van der Waals surface area contributed by atoms with Gasteiger partial charge in [0, 0.05) is 11.8 Å². The van der Waals surface area contributed by atoms with E-state index in [2.05, 4.69) is 22.9 Å². The molecule has 0 nitrogen and oxygen atoms in total. The van der Waals surface area contributed by atoms with Crippen LogP contribution < -0.4 is 0 Å². The summed E-state index contributed by atoms with van der Waals surface area (Å²) in [6, 6.07) is 0. The summed E-state index contributed by atoms with van der Waals surface area (Å²) in [6.45, 7) is 4.29. The minimum atomic E-state index is -3.95. The molecule has 0 aromatic carbocycles. The first-order valence-corrected chi connectivity index (χ1v) is 8.72. The van der Waals surface area contributed by atoms with Gasteiger partial charge in [0.1, 0.15) is 0 Å². The maximum Gasteiger partial charge on any atom is 0.389 e. The maximum atomic E-state index is 11.6. The molecule has 19 heavy (non-hydrogen) atoms.